The zero-order valence-corrected chi connectivity index (χ0v) is 15.5. The lowest BCUT2D eigenvalue weighted by atomic mass is 10.3. The fourth-order valence-electron chi connectivity index (χ4n) is 3.41. The summed E-state index contributed by atoms with van der Waals surface area (Å²) in [6.45, 7) is 0. The van der Waals surface area contributed by atoms with Gasteiger partial charge in [0.1, 0.15) is 4.91 Å². The highest BCUT2D eigenvalue weighted by atomic mass is 32.2. The average Bonchev–Trinajstić information content (AvgIpc) is 3.38. The van der Waals surface area contributed by atoms with Crippen LogP contribution in [0, 0.1) is 0 Å². The van der Waals surface area contributed by atoms with Crippen LogP contribution in [-0.4, -0.2) is 28.4 Å². The molecule has 0 spiro atoms. The Morgan fingerprint density at radius 3 is 1.79 bits per heavy atom. The van der Waals surface area contributed by atoms with Crippen LogP contribution in [0.5, 0.6) is 0 Å². The van der Waals surface area contributed by atoms with Crippen molar-refractivity contribution in [1.82, 2.24) is 19.9 Å². The number of aromatic amines is 4. The first-order valence-corrected chi connectivity index (χ1v) is 10.2. The van der Waals surface area contributed by atoms with E-state index in [4.69, 9.17) is 5.14 Å². The van der Waals surface area contributed by atoms with Gasteiger partial charge in [0.25, 0.3) is 0 Å². The van der Waals surface area contributed by atoms with Gasteiger partial charge in [-0.25, -0.2) is 13.6 Å². The molecule has 1 aliphatic heterocycles. The van der Waals surface area contributed by atoms with Gasteiger partial charge in [0, 0.05) is 33.1 Å². The van der Waals surface area contributed by atoms with Gasteiger partial charge in [-0.05, 0) is 66.8 Å². The minimum absolute atomic E-state index is 0.0200. The van der Waals surface area contributed by atoms with E-state index < -0.39 is 10.0 Å². The molecule has 6 N–H and O–H groups in total. The van der Waals surface area contributed by atoms with Gasteiger partial charge >= 0.3 is 0 Å². The Morgan fingerprint density at radius 2 is 1.14 bits per heavy atom. The van der Waals surface area contributed by atoms with Crippen molar-refractivity contribution in [2.24, 2.45) is 5.14 Å². The van der Waals surface area contributed by atoms with E-state index in [-0.39, 0.29) is 4.91 Å². The van der Waals surface area contributed by atoms with E-state index >= 15 is 0 Å². The maximum atomic E-state index is 12.3. The van der Waals surface area contributed by atoms with Crippen molar-refractivity contribution in [3.05, 3.63) is 92.7 Å². The van der Waals surface area contributed by atoms with Crippen LogP contribution in [0.15, 0.2) is 48.5 Å². The first-order valence-electron chi connectivity index (χ1n) is 8.65. The molecule has 0 saturated heterocycles. The minimum atomic E-state index is -3.96. The zero-order valence-electron chi connectivity index (χ0n) is 14.7. The lowest BCUT2D eigenvalue weighted by Crippen LogP contribution is -2.24. The van der Waals surface area contributed by atoms with Crippen LogP contribution in [0.4, 0.5) is 0 Å². The summed E-state index contributed by atoms with van der Waals surface area (Å²) >= 11 is 0. The third-order valence-corrected chi connectivity index (χ3v) is 5.60. The molecule has 4 aromatic heterocycles. The van der Waals surface area contributed by atoms with Crippen molar-refractivity contribution in [1.29, 1.82) is 0 Å². The number of aromatic nitrogens is 4. The molecule has 0 saturated carbocycles. The molecule has 0 fully saturated rings. The molecular weight excluding hydrogens is 374 g/mol. The number of fused-ring (bicyclic) bond motifs is 8. The summed E-state index contributed by atoms with van der Waals surface area (Å²) in [6, 6.07) is 14.9. The van der Waals surface area contributed by atoms with Crippen molar-refractivity contribution >= 4 is 33.2 Å². The van der Waals surface area contributed by atoms with E-state index in [1.54, 1.807) is 12.1 Å². The van der Waals surface area contributed by atoms with Gasteiger partial charge in [-0.2, -0.15) is 0 Å². The average molecular weight is 391 g/mol. The summed E-state index contributed by atoms with van der Waals surface area (Å²) in [5.74, 6) is 0. The van der Waals surface area contributed by atoms with Gasteiger partial charge in [-0.3, -0.25) is 0 Å². The first-order chi connectivity index (χ1) is 13.4. The predicted octanol–water partition coefficient (Wildman–Crippen LogP) is -0.756. The fourth-order valence-corrected chi connectivity index (χ4v) is 4.26. The number of rotatable bonds is 1. The van der Waals surface area contributed by atoms with E-state index in [0.717, 1.165) is 33.1 Å². The Kier molecular flexibility index (Phi) is 3.58. The molecule has 1 aliphatic rings. The van der Waals surface area contributed by atoms with Crippen LogP contribution < -0.4 is 26.5 Å². The number of nitrogens with one attached hydrogen (secondary N) is 4. The van der Waals surface area contributed by atoms with Crippen molar-refractivity contribution in [2.45, 2.75) is 0 Å². The number of nitrogens with two attached hydrogens (primary N) is 1. The largest absolute Gasteiger partial charge is 0.355 e. The maximum Gasteiger partial charge on any atom is 0.242 e. The number of hydrogen-bond acceptors (Lipinski definition) is 2. The highest BCUT2D eigenvalue weighted by molar-refractivity contribution is 7.98. The minimum Gasteiger partial charge on any atom is -0.355 e. The monoisotopic (exact) mass is 391 g/mol. The van der Waals surface area contributed by atoms with Crippen molar-refractivity contribution in [3.63, 3.8) is 0 Å². The summed E-state index contributed by atoms with van der Waals surface area (Å²) < 4.78 is 24.6. The van der Waals surface area contributed by atoms with Crippen molar-refractivity contribution < 1.29 is 8.42 Å². The molecule has 4 aromatic rings. The van der Waals surface area contributed by atoms with Gasteiger partial charge in [-0.15, -0.1) is 0 Å². The van der Waals surface area contributed by atoms with Crippen molar-refractivity contribution in [2.75, 3.05) is 0 Å². The lowest BCUT2D eigenvalue weighted by Gasteiger charge is -2.01. The van der Waals surface area contributed by atoms with E-state index in [0.29, 0.717) is 11.0 Å². The van der Waals surface area contributed by atoms with E-state index in [1.165, 1.54) is 0 Å². The van der Waals surface area contributed by atoms with Gasteiger partial charge < -0.3 is 19.9 Å². The quantitative estimate of drug-likeness (QED) is 0.293. The summed E-state index contributed by atoms with van der Waals surface area (Å²) in [5, 5.41) is 8.56. The predicted molar refractivity (Wildman–Crippen MR) is 108 cm³/mol. The molecule has 7 nitrogen and oxygen atoms in total. The Bertz CT molecular complexity index is 1540. The van der Waals surface area contributed by atoms with Crippen LogP contribution in [0.3, 0.4) is 0 Å². The number of H-pyrrole nitrogens is 4. The molecule has 0 atom stereocenters. The van der Waals surface area contributed by atoms with Crippen LogP contribution in [0.2, 0.25) is 0 Å². The molecule has 0 aromatic carbocycles. The SMILES string of the molecule is NS(=O)(=O)C1=c2ccc([nH]2)=Cc2ccc([nH]2)C=c2ccc([nH]2)=Cc2ccc1[nH]2. The summed E-state index contributed by atoms with van der Waals surface area (Å²) in [7, 11) is -3.96. The Balaban J connectivity index is 1.87. The molecule has 5 heterocycles. The maximum absolute atomic E-state index is 12.3. The third-order valence-electron chi connectivity index (χ3n) is 4.59. The van der Waals surface area contributed by atoms with E-state index in [1.807, 2.05) is 54.6 Å². The summed E-state index contributed by atoms with van der Waals surface area (Å²) in [5.41, 5.74) is 3.04. The molecule has 8 heteroatoms. The summed E-state index contributed by atoms with van der Waals surface area (Å²) in [6.07, 6.45) is 5.83. The van der Waals surface area contributed by atoms with Crippen molar-refractivity contribution in [3.8, 4) is 0 Å². The van der Waals surface area contributed by atoms with Gasteiger partial charge in [0.2, 0.25) is 10.0 Å². The lowest BCUT2D eigenvalue weighted by molar-refractivity contribution is 0.607. The van der Waals surface area contributed by atoms with Gasteiger partial charge in [-0.1, -0.05) is 0 Å². The normalized spacial score (nSPS) is 13.5. The third kappa shape index (κ3) is 3.04. The second kappa shape index (κ2) is 6.01. The topological polar surface area (TPSA) is 123 Å². The molecule has 140 valence electrons. The molecule has 0 amide bonds. The molecule has 8 bridgehead atoms. The highest BCUT2D eigenvalue weighted by Gasteiger charge is 2.18. The smallest absolute Gasteiger partial charge is 0.242 e. The number of sulfonamides is 1. The second-order valence-electron chi connectivity index (χ2n) is 6.70. The second-order valence-corrected chi connectivity index (χ2v) is 8.20. The summed E-state index contributed by atoms with van der Waals surface area (Å²) in [4.78, 5) is 12.9. The van der Waals surface area contributed by atoms with Crippen LogP contribution in [0.25, 0.3) is 23.1 Å². The Labute approximate surface area is 159 Å². The number of hydrogen-bond donors (Lipinski definition) is 5. The Hall–Kier alpha value is -3.49. The van der Waals surface area contributed by atoms with Crippen LogP contribution in [0.1, 0.15) is 22.8 Å². The number of primary sulfonamides is 1. The Morgan fingerprint density at radius 1 is 0.607 bits per heavy atom. The molecule has 0 aliphatic carbocycles. The van der Waals surface area contributed by atoms with Crippen LogP contribution in [-0.2, 0) is 10.0 Å². The van der Waals surface area contributed by atoms with Gasteiger partial charge in [0.15, 0.2) is 0 Å². The van der Waals surface area contributed by atoms with E-state index in [9.17, 15) is 8.42 Å². The molecule has 0 radical (unpaired) electrons. The molecule has 5 rings (SSSR count). The fraction of sp³-hybridized carbons (Fsp3) is 0. The van der Waals surface area contributed by atoms with Gasteiger partial charge in [0.05, 0.1) is 11.0 Å². The molecule has 28 heavy (non-hydrogen) atoms. The standard InChI is InChI=1S/C20H17N5O2S/c21-28(26,27)20-18-7-5-16(24-18)10-14-3-1-12(22-14)9-13-2-4-15(23-13)11-17-6-8-19(20)25-17/h1-11,22-25H,(H2,21,26,27). The molecule has 0 unspecified atom stereocenters. The van der Waals surface area contributed by atoms with Crippen LogP contribution >= 0.6 is 0 Å². The highest BCUT2D eigenvalue weighted by Crippen LogP contribution is 2.15. The molecular formula is C20H17N5O2S. The zero-order chi connectivity index (χ0) is 19.3. The van der Waals surface area contributed by atoms with E-state index in [2.05, 4.69) is 19.9 Å². The first kappa shape index (κ1) is 16.7.